The van der Waals surface area contributed by atoms with Crippen molar-refractivity contribution in [1.29, 1.82) is 0 Å². The zero-order valence-electron chi connectivity index (χ0n) is 6.60. The van der Waals surface area contributed by atoms with Crippen LogP contribution in [-0.2, 0) is 4.74 Å². The van der Waals surface area contributed by atoms with E-state index in [0.29, 0.717) is 0 Å². The van der Waals surface area contributed by atoms with Crippen molar-refractivity contribution in [2.75, 3.05) is 6.61 Å². The van der Waals surface area contributed by atoms with E-state index < -0.39 is 12.3 Å². The highest BCUT2D eigenvalue weighted by Crippen LogP contribution is 2.25. The molecular weight excluding hydrogens is 169 g/mol. The standard InChI is InChI=1S/C8H11F3O/c1-3-5-7(8(9,10)11)12-6-4-2/h3-4,7H,1-2,5-6H2. The van der Waals surface area contributed by atoms with Crippen LogP contribution in [0.3, 0.4) is 0 Å². The van der Waals surface area contributed by atoms with Crippen LogP contribution < -0.4 is 0 Å². The molecular formula is C8H11F3O. The molecule has 0 aromatic heterocycles. The number of hydrogen-bond donors (Lipinski definition) is 0. The number of ether oxygens (including phenoxy) is 1. The Morgan fingerprint density at radius 1 is 1.25 bits per heavy atom. The van der Waals surface area contributed by atoms with Crippen LogP contribution in [0, 0.1) is 0 Å². The van der Waals surface area contributed by atoms with Crippen LogP contribution in [0.4, 0.5) is 13.2 Å². The summed E-state index contributed by atoms with van der Waals surface area (Å²) in [4.78, 5) is 0. The average molecular weight is 180 g/mol. The molecule has 0 spiro atoms. The highest BCUT2D eigenvalue weighted by Gasteiger charge is 2.39. The lowest BCUT2D eigenvalue weighted by Gasteiger charge is -2.18. The second-order valence-electron chi connectivity index (χ2n) is 2.18. The Labute approximate surface area is 69.5 Å². The third-order valence-corrected chi connectivity index (χ3v) is 1.16. The molecule has 0 fully saturated rings. The molecule has 0 aliphatic carbocycles. The minimum atomic E-state index is -4.32. The maximum absolute atomic E-state index is 12.0. The van der Waals surface area contributed by atoms with Gasteiger partial charge in [0.25, 0.3) is 0 Å². The minimum Gasteiger partial charge on any atom is -0.364 e. The summed E-state index contributed by atoms with van der Waals surface area (Å²) in [6.07, 6.45) is -3.84. The zero-order valence-corrected chi connectivity index (χ0v) is 6.60. The normalized spacial score (nSPS) is 13.9. The molecule has 0 heterocycles. The van der Waals surface area contributed by atoms with Crippen LogP contribution >= 0.6 is 0 Å². The van der Waals surface area contributed by atoms with E-state index >= 15 is 0 Å². The monoisotopic (exact) mass is 180 g/mol. The lowest BCUT2D eigenvalue weighted by atomic mass is 10.2. The predicted octanol–water partition coefficient (Wildman–Crippen LogP) is 2.70. The van der Waals surface area contributed by atoms with Crippen molar-refractivity contribution in [2.24, 2.45) is 0 Å². The van der Waals surface area contributed by atoms with Gasteiger partial charge in [-0.15, -0.1) is 13.2 Å². The molecule has 0 aromatic rings. The number of halogens is 3. The van der Waals surface area contributed by atoms with Crippen molar-refractivity contribution in [1.82, 2.24) is 0 Å². The van der Waals surface area contributed by atoms with Gasteiger partial charge in [0.2, 0.25) is 0 Å². The van der Waals surface area contributed by atoms with Crippen molar-refractivity contribution in [3.8, 4) is 0 Å². The molecule has 70 valence electrons. The lowest BCUT2D eigenvalue weighted by Crippen LogP contribution is -2.31. The topological polar surface area (TPSA) is 9.23 Å². The number of rotatable bonds is 5. The Hall–Kier alpha value is -0.770. The van der Waals surface area contributed by atoms with Crippen LogP contribution in [0.2, 0.25) is 0 Å². The summed E-state index contributed by atoms with van der Waals surface area (Å²) >= 11 is 0. The van der Waals surface area contributed by atoms with E-state index in [4.69, 9.17) is 0 Å². The molecule has 0 saturated heterocycles. The van der Waals surface area contributed by atoms with Gasteiger partial charge in [0, 0.05) is 6.42 Å². The SMILES string of the molecule is C=CCOC(CC=C)C(F)(F)F. The molecule has 0 N–H and O–H groups in total. The maximum Gasteiger partial charge on any atom is 0.414 e. The largest absolute Gasteiger partial charge is 0.414 e. The summed E-state index contributed by atoms with van der Waals surface area (Å²) in [5.41, 5.74) is 0. The van der Waals surface area contributed by atoms with E-state index in [9.17, 15) is 13.2 Å². The van der Waals surface area contributed by atoms with Gasteiger partial charge < -0.3 is 4.74 Å². The molecule has 0 bridgehead atoms. The molecule has 1 unspecified atom stereocenters. The van der Waals surface area contributed by atoms with E-state index in [1.54, 1.807) is 0 Å². The fourth-order valence-corrected chi connectivity index (χ4v) is 0.632. The average Bonchev–Trinajstić information content (AvgIpc) is 1.95. The first kappa shape index (κ1) is 11.2. The van der Waals surface area contributed by atoms with E-state index in [2.05, 4.69) is 17.9 Å². The minimum absolute atomic E-state index is 0.0992. The summed E-state index contributed by atoms with van der Waals surface area (Å²) in [5, 5.41) is 0. The number of hydrogen-bond acceptors (Lipinski definition) is 1. The van der Waals surface area contributed by atoms with Crippen LogP contribution in [0.15, 0.2) is 25.3 Å². The molecule has 1 atom stereocenters. The Bertz CT molecular complexity index is 151. The van der Waals surface area contributed by atoms with E-state index in [1.165, 1.54) is 12.2 Å². The lowest BCUT2D eigenvalue weighted by molar-refractivity contribution is -0.215. The van der Waals surface area contributed by atoms with Gasteiger partial charge in [0.1, 0.15) is 0 Å². The maximum atomic E-state index is 12.0. The molecule has 0 radical (unpaired) electrons. The van der Waals surface area contributed by atoms with Gasteiger partial charge in [0.05, 0.1) is 6.61 Å². The van der Waals surface area contributed by atoms with Crippen LogP contribution in [-0.4, -0.2) is 18.9 Å². The fraction of sp³-hybridized carbons (Fsp3) is 0.500. The first-order valence-corrected chi connectivity index (χ1v) is 3.42. The van der Waals surface area contributed by atoms with Crippen LogP contribution in [0.1, 0.15) is 6.42 Å². The van der Waals surface area contributed by atoms with Crippen molar-refractivity contribution in [2.45, 2.75) is 18.7 Å². The summed E-state index contributed by atoms with van der Waals surface area (Å²) in [7, 11) is 0. The molecule has 12 heavy (non-hydrogen) atoms. The molecule has 1 nitrogen and oxygen atoms in total. The molecule has 0 aliphatic heterocycles. The van der Waals surface area contributed by atoms with E-state index in [-0.39, 0.29) is 13.0 Å². The van der Waals surface area contributed by atoms with Gasteiger partial charge in [-0.05, 0) is 0 Å². The second-order valence-corrected chi connectivity index (χ2v) is 2.18. The Balaban J connectivity index is 4.02. The Morgan fingerprint density at radius 2 is 1.83 bits per heavy atom. The second kappa shape index (κ2) is 4.98. The first-order valence-electron chi connectivity index (χ1n) is 3.42. The van der Waals surface area contributed by atoms with Crippen LogP contribution in [0.25, 0.3) is 0 Å². The molecule has 0 rings (SSSR count). The van der Waals surface area contributed by atoms with E-state index in [1.807, 2.05) is 0 Å². The fourth-order valence-electron chi connectivity index (χ4n) is 0.632. The zero-order chi connectivity index (χ0) is 9.61. The molecule has 0 aliphatic rings. The highest BCUT2D eigenvalue weighted by molar-refractivity contribution is 4.79. The molecule has 0 saturated carbocycles. The third kappa shape index (κ3) is 4.18. The third-order valence-electron chi connectivity index (χ3n) is 1.16. The summed E-state index contributed by atoms with van der Waals surface area (Å²) in [5.74, 6) is 0. The quantitative estimate of drug-likeness (QED) is 0.591. The summed E-state index contributed by atoms with van der Waals surface area (Å²) in [6.45, 7) is 6.37. The van der Waals surface area contributed by atoms with Crippen molar-refractivity contribution >= 4 is 0 Å². The van der Waals surface area contributed by atoms with Crippen molar-refractivity contribution in [3.05, 3.63) is 25.3 Å². The molecule has 4 heteroatoms. The smallest absolute Gasteiger partial charge is 0.364 e. The van der Waals surface area contributed by atoms with Gasteiger partial charge in [-0.2, -0.15) is 13.2 Å². The van der Waals surface area contributed by atoms with Crippen molar-refractivity contribution < 1.29 is 17.9 Å². The van der Waals surface area contributed by atoms with Gasteiger partial charge in [-0.1, -0.05) is 12.2 Å². The predicted molar refractivity (Wildman–Crippen MR) is 40.8 cm³/mol. The molecule has 0 amide bonds. The van der Waals surface area contributed by atoms with Crippen LogP contribution in [0.5, 0.6) is 0 Å². The van der Waals surface area contributed by atoms with Gasteiger partial charge in [-0.3, -0.25) is 0 Å². The highest BCUT2D eigenvalue weighted by atomic mass is 19.4. The van der Waals surface area contributed by atoms with Gasteiger partial charge in [-0.25, -0.2) is 0 Å². The molecule has 0 aromatic carbocycles. The number of alkyl halides is 3. The summed E-state index contributed by atoms with van der Waals surface area (Å²) in [6, 6.07) is 0. The Morgan fingerprint density at radius 3 is 2.17 bits per heavy atom. The Kier molecular flexibility index (Phi) is 4.66. The summed E-state index contributed by atoms with van der Waals surface area (Å²) < 4.78 is 40.6. The van der Waals surface area contributed by atoms with E-state index in [0.717, 1.165) is 0 Å². The first-order chi connectivity index (χ1) is 5.52. The van der Waals surface area contributed by atoms with Gasteiger partial charge >= 0.3 is 6.18 Å². The van der Waals surface area contributed by atoms with Crippen molar-refractivity contribution in [3.63, 3.8) is 0 Å². The van der Waals surface area contributed by atoms with Gasteiger partial charge in [0.15, 0.2) is 6.10 Å².